The molecule has 0 saturated carbocycles. The first kappa shape index (κ1) is 17.7. The van der Waals surface area contributed by atoms with Gasteiger partial charge in [0.1, 0.15) is 5.82 Å². The van der Waals surface area contributed by atoms with Crippen LogP contribution >= 0.6 is 0 Å². The van der Waals surface area contributed by atoms with Crippen LogP contribution in [0.1, 0.15) is 19.3 Å². The number of benzene rings is 1. The van der Waals surface area contributed by atoms with Crippen LogP contribution in [-0.2, 0) is 4.79 Å². The minimum atomic E-state index is 0.162. The van der Waals surface area contributed by atoms with Crippen molar-refractivity contribution < 1.29 is 4.79 Å². The number of rotatable bonds is 7. The highest BCUT2D eigenvalue weighted by molar-refractivity contribution is 5.95. The largest absolute Gasteiger partial charge is 0.384 e. The van der Waals surface area contributed by atoms with Crippen LogP contribution in [0.2, 0.25) is 0 Å². The smallest absolute Gasteiger partial charge is 0.222 e. The van der Waals surface area contributed by atoms with Crippen molar-refractivity contribution in [3.8, 4) is 11.3 Å². The number of nitrogens with two attached hydrogens (primary N) is 1. The van der Waals surface area contributed by atoms with Gasteiger partial charge in [-0.25, -0.2) is 4.98 Å². The number of amides is 1. The maximum absolute atomic E-state index is 11.6. The number of nitrogen functional groups attached to an aromatic ring is 1. The first-order chi connectivity index (χ1) is 12.5. The van der Waals surface area contributed by atoms with E-state index in [1.165, 1.54) is 0 Å². The molecule has 2 aromatic heterocycles. The third-order valence-electron chi connectivity index (χ3n) is 4.27. The van der Waals surface area contributed by atoms with Crippen LogP contribution in [0.5, 0.6) is 0 Å². The Morgan fingerprint density at radius 2 is 2.08 bits per heavy atom. The fourth-order valence-electron chi connectivity index (χ4n) is 2.83. The Morgan fingerprint density at radius 1 is 1.23 bits per heavy atom. The second-order valence-electron chi connectivity index (χ2n) is 6.47. The number of hydrogen-bond acceptors (Lipinski definition) is 5. The SMILES string of the molecule is CN(C)C(=O)CCCCNc1cc(N)nc2cc(-c3ccn[nH]3)ccc12. The molecule has 0 aliphatic rings. The highest BCUT2D eigenvalue weighted by Gasteiger charge is 2.08. The lowest BCUT2D eigenvalue weighted by atomic mass is 10.1. The number of nitrogens with one attached hydrogen (secondary N) is 2. The van der Waals surface area contributed by atoms with Crippen molar-refractivity contribution in [1.82, 2.24) is 20.1 Å². The summed E-state index contributed by atoms with van der Waals surface area (Å²) in [6.45, 7) is 0.779. The fourth-order valence-corrected chi connectivity index (χ4v) is 2.83. The molecule has 0 aliphatic carbocycles. The van der Waals surface area contributed by atoms with E-state index >= 15 is 0 Å². The van der Waals surface area contributed by atoms with Gasteiger partial charge in [0.2, 0.25) is 5.91 Å². The molecular weight excluding hydrogens is 328 g/mol. The van der Waals surface area contributed by atoms with Crippen LogP contribution in [0.4, 0.5) is 11.5 Å². The van der Waals surface area contributed by atoms with E-state index in [1.807, 2.05) is 30.3 Å². The van der Waals surface area contributed by atoms with Crippen LogP contribution in [0.15, 0.2) is 36.5 Å². The fraction of sp³-hybridized carbons (Fsp3) is 0.316. The summed E-state index contributed by atoms with van der Waals surface area (Å²) in [6, 6.07) is 9.84. The quantitative estimate of drug-likeness (QED) is 0.568. The van der Waals surface area contributed by atoms with Gasteiger partial charge in [0.15, 0.2) is 0 Å². The van der Waals surface area contributed by atoms with Gasteiger partial charge in [0.05, 0.1) is 11.2 Å². The average molecular weight is 352 g/mol. The first-order valence-electron chi connectivity index (χ1n) is 8.68. The van der Waals surface area contributed by atoms with Crippen LogP contribution in [-0.4, -0.2) is 46.6 Å². The van der Waals surface area contributed by atoms with Gasteiger partial charge in [0, 0.05) is 56.0 Å². The van der Waals surface area contributed by atoms with Crippen LogP contribution in [0.3, 0.4) is 0 Å². The third-order valence-corrected chi connectivity index (χ3v) is 4.27. The van der Waals surface area contributed by atoms with Crippen molar-refractivity contribution in [3.05, 3.63) is 36.5 Å². The molecule has 0 radical (unpaired) electrons. The Kier molecular flexibility index (Phi) is 5.36. The number of aromatic nitrogens is 3. The van der Waals surface area contributed by atoms with Crippen molar-refractivity contribution in [2.45, 2.75) is 19.3 Å². The summed E-state index contributed by atoms with van der Waals surface area (Å²) in [5.41, 5.74) is 9.73. The summed E-state index contributed by atoms with van der Waals surface area (Å²) in [5, 5.41) is 11.4. The maximum atomic E-state index is 11.6. The summed E-state index contributed by atoms with van der Waals surface area (Å²) >= 11 is 0. The highest BCUT2D eigenvalue weighted by Crippen LogP contribution is 2.28. The molecule has 0 unspecified atom stereocenters. The molecule has 4 N–H and O–H groups in total. The van der Waals surface area contributed by atoms with E-state index in [1.54, 1.807) is 25.2 Å². The van der Waals surface area contributed by atoms with Crippen molar-refractivity contribution >= 4 is 28.3 Å². The molecule has 7 nitrogen and oxygen atoms in total. The zero-order chi connectivity index (χ0) is 18.5. The Labute approximate surface area is 152 Å². The minimum Gasteiger partial charge on any atom is -0.384 e. The van der Waals surface area contributed by atoms with E-state index in [0.717, 1.165) is 47.2 Å². The number of carbonyl (C=O) groups is 1. The van der Waals surface area contributed by atoms with Gasteiger partial charge in [0.25, 0.3) is 0 Å². The molecule has 0 atom stereocenters. The Morgan fingerprint density at radius 3 is 2.81 bits per heavy atom. The van der Waals surface area contributed by atoms with E-state index in [4.69, 9.17) is 5.73 Å². The topological polar surface area (TPSA) is 99.9 Å². The van der Waals surface area contributed by atoms with Gasteiger partial charge in [-0.1, -0.05) is 12.1 Å². The molecule has 26 heavy (non-hydrogen) atoms. The highest BCUT2D eigenvalue weighted by atomic mass is 16.2. The predicted molar refractivity (Wildman–Crippen MR) is 105 cm³/mol. The summed E-state index contributed by atoms with van der Waals surface area (Å²) < 4.78 is 0. The summed E-state index contributed by atoms with van der Waals surface area (Å²) in [4.78, 5) is 17.7. The molecule has 0 spiro atoms. The standard InChI is InChI=1S/C19H24N6O/c1-25(2)19(26)5-3-4-9-21-16-12-18(20)23-17-11-13(6-7-14(16)17)15-8-10-22-24-15/h6-8,10-12H,3-5,9H2,1-2H3,(H,22,24)(H3,20,21,23). The number of carbonyl (C=O) groups excluding carboxylic acids is 1. The molecule has 1 amide bonds. The Bertz CT molecular complexity index is 888. The second-order valence-corrected chi connectivity index (χ2v) is 6.47. The van der Waals surface area contributed by atoms with Gasteiger partial charge in [-0.3, -0.25) is 9.89 Å². The lowest BCUT2D eigenvalue weighted by molar-refractivity contribution is -0.128. The summed E-state index contributed by atoms with van der Waals surface area (Å²) in [7, 11) is 3.56. The normalized spacial score (nSPS) is 10.8. The number of hydrogen-bond donors (Lipinski definition) is 3. The Hall–Kier alpha value is -3.09. The van der Waals surface area contributed by atoms with E-state index < -0.39 is 0 Å². The predicted octanol–water partition coefficient (Wildman–Crippen LogP) is 2.88. The molecule has 3 rings (SSSR count). The minimum absolute atomic E-state index is 0.162. The average Bonchev–Trinajstić information content (AvgIpc) is 3.15. The van der Waals surface area contributed by atoms with Crippen LogP contribution < -0.4 is 11.1 Å². The van der Waals surface area contributed by atoms with E-state index in [-0.39, 0.29) is 5.91 Å². The van der Waals surface area contributed by atoms with Gasteiger partial charge in [-0.15, -0.1) is 0 Å². The van der Waals surface area contributed by atoms with Crippen molar-refractivity contribution in [1.29, 1.82) is 0 Å². The zero-order valence-electron chi connectivity index (χ0n) is 15.1. The molecule has 0 bridgehead atoms. The molecule has 0 saturated heterocycles. The molecule has 0 fully saturated rings. The second kappa shape index (κ2) is 7.86. The molecule has 7 heteroatoms. The maximum Gasteiger partial charge on any atom is 0.222 e. The summed E-state index contributed by atoms with van der Waals surface area (Å²) in [6.07, 6.45) is 4.06. The van der Waals surface area contributed by atoms with Crippen molar-refractivity contribution in [3.63, 3.8) is 0 Å². The third kappa shape index (κ3) is 4.11. The van der Waals surface area contributed by atoms with Crippen LogP contribution in [0.25, 0.3) is 22.2 Å². The number of nitrogens with zero attached hydrogens (tertiary/aromatic N) is 3. The monoisotopic (exact) mass is 352 g/mol. The van der Waals surface area contributed by atoms with E-state index in [0.29, 0.717) is 12.2 Å². The van der Waals surface area contributed by atoms with Crippen molar-refractivity contribution in [2.24, 2.45) is 0 Å². The van der Waals surface area contributed by atoms with Gasteiger partial charge < -0.3 is 16.0 Å². The number of pyridine rings is 1. The zero-order valence-corrected chi connectivity index (χ0v) is 15.1. The number of unbranched alkanes of at least 4 members (excludes halogenated alkanes) is 1. The molecular formula is C19H24N6O. The van der Waals surface area contributed by atoms with E-state index in [9.17, 15) is 4.79 Å². The molecule has 1 aromatic carbocycles. The number of aromatic amines is 1. The molecule has 0 aliphatic heterocycles. The summed E-state index contributed by atoms with van der Waals surface area (Å²) in [5.74, 6) is 0.638. The first-order valence-corrected chi connectivity index (χ1v) is 8.68. The lowest BCUT2D eigenvalue weighted by Crippen LogP contribution is -2.21. The lowest BCUT2D eigenvalue weighted by Gasteiger charge is -2.12. The molecule has 3 aromatic rings. The number of H-pyrrole nitrogens is 1. The molecule has 136 valence electrons. The van der Waals surface area contributed by atoms with E-state index in [2.05, 4.69) is 20.5 Å². The number of anilines is 2. The van der Waals surface area contributed by atoms with Gasteiger partial charge >= 0.3 is 0 Å². The Balaban J connectivity index is 1.69. The van der Waals surface area contributed by atoms with Gasteiger partial charge in [-0.2, -0.15) is 5.10 Å². The number of fused-ring (bicyclic) bond motifs is 1. The van der Waals surface area contributed by atoms with Crippen LogP contribution in [0, 0.1) is 0 Å². The van der Waals surface area contributed by atoms with Gasteiger partial charge in [-0.05, 0) is 25.0 Å². The van der Waals surface area contributed by atoms with Crippen molar-refractivity contribution in [2.75, 3.05) is 31.7 Å². The molecule has 2 heterocycles.